The van der Waals surface area contributed by atoms with E-state index in [9.17, 15) is 14.7 Å². The zero-order valence-corrected chi connectivity index (χ0v) is 21.0. The molecule has 0 unspecified atom stereocenters. The number of hydrogen-bond acceptors (Lipinski definition) is 5. The zero-order valence-electron chi connectivity index (χ0n) is 21.0. The molecule has 0 spiro atoms. The fourth-order valence-corrected chi connectivity index (χ4v) is 4.91. The highest BCUT2D eigenvalue weighted by molar-refractivity contribution is 6.53. The van der Waals surface area contributed by atoms with Gasteiger partial charge in [-0.05, 0) is 90.7 Å². The van der Waals surface area contributed by atoms with Crippen LogP contribution in [-0.4, -0.2) is 29.2 Å². The Balaban J connectivity index is 1.26. The summed E-state index contributed by atoms with van der Waals surface area (Å²) in [5.74, 6) is -0.141. The minimum atomic E-state index is -1.24. The molecule has 4 aromatic rings. The van der Waals surface area contributed by atoms with Gasteiger partial charge in [-0.1, -0.05) is 42.5 Å². The van der Waals surface area contributed by atoms with Crippen LogP contribution in [0.1, 0.15) is 17.5 Å². The Hall–Kier alpha value is -5.17. The quantitative estimate of drug-likeness (QED) is 0.299. The molecule has 6 rings (SSSR count). The maximum absolute atomic E-state index is 13.2. The van der Waals surface area contributed by atoms with Crippen molar-refractivity contribution in [3.05, 3.63) is 120 Å². The van der Waals surface area contributed by atoms with Gasteiger partial charge in [-0.25, -0.2) is 4.79 Å². The zero-order chi connectivity index (χ0) is 26.8. The van der Waals surface area contributed by atoms with Gasteiger partial charge in [-0.15, -0.1) is 0 Å². The van der Waals surface area contributed by atoms with Crippen molar-refractivity contribution in [1.29, 1.82) is 0 Å². The lowest BCUT2D eigenvalue weighted by Gasteiger charge is -2.31. The Morgan fingerprint density at radius 3 is 2.26 bits per heavy atom. The highest BCUT2D eigenvalue weighted by Gasteiger charge is 2.35. The molecule has 0 aromatic heterocycles. The molecule has 2 heterocycles. The fourth-order valence-electron chi connectivity index (χ4n) is 4.91. The molecule has 1 N–H and O–H groups in total. The molecule has 0 saturated heterocycles. The highest BCUT2D eigenvalue weighted by Crippen LogP contribution is 2.36. The van der Waals surface area contributed by atoms with Crippen molar-refractivity contribution in [1.82, 2.24) is 0 Å². The summed E-state index contributed by atoms with van der Waals surface area (Å²) >= 11 is 0. The third-order valence-electron chi connectivity index (χ3n) is 6.74. The predicted octanol–water partition coefficient (Wildman–Crippen LogP) is 6.43. The first-order valence-corrected chi connectivity index (χ1v) is 12.7. The van der Waals surface area contributed by atoms with Gasteiger partial charge in [0.05, 0.1) is 11.3 Å². The first-order chi connectivity index (χ1) is 19.1. The summed E-state index contributed by atoms with van der Waals surface area (Å²) in [4.78, 5) is 27.3. The van der Waals surface area contributed by atoms with Gasteiger partial charge in [0.15, 0.2) is 5.71 Å². The standard InChI is InChI=1S/C32H25N3O4/c36-31-28(30(32(37)38)33-35(31)25-9-3-1-4-10-25)21-22-13-18-29-23(20-22)8-7-19-34(29)24-14-16-27(17-15-24)39-26-11-5-2-6-12-26/h1-6,9-18,20-21H,7-8,19H2,(H,37,38)/b28-21-. The van der Waals surface area contributed by atoms with Crippen LogP contribution in [0.5, 0.6) is 11.5 Å². The van der Waals surface area contributed by atoms with Crippen LogP contribution in [0.4, 0.5) is 17.1 Å². The first kappa shape index (κ1) is 24.2. The smallest absolute Gasteiger partial charge is 0.357 e. The number of amides is 1. The Morgan fingerprint density at radius 1 is 0.846 bits per heavy atom. The van der Waals surface area contributed by atoms with Crippen molar-refractivity contribution in [3.8, 4) is 11.5 Å². The van der Waals surface area contributed by atoms with Crippen molar-refractivity contribution < 1.29 is 19.4 Å². The molecule has 0 radical (unpaired) electrons. The Labute approximate surface area is 225 Å². The molecule has 0 saturated carbocycles. The van der Waals surface area contributed by atoms with Crippen molar-refractivity contribution in [3.63, 3.8) is 0 Å². The van der Waals surface area contributed by atoms with Gasteiger partial charge in [0.1, 0.15) is 11.5 Å². The van der Waals surface area contributed by atoms with E-state index in [0.29, 0.717) is 5.69 Å². The largest absolute Gasteiger partial charge is 0.476 e. The second kappa shape index (κ2) is 10.3. The van der Waals surface area contributed by atoms with E-state index >= 15 is 0 Å². The number of nitrogens with zero attached hydrogens (tertiary/aromatic N) is 3. The summed E-state index contributed by atoms with van der Waals surface area (Å²) < 4.78 is 5.93. The molecule has 7 nitrogen and oxygen atoms in total. The fraction of sp³-hybridized carbons (Fsp3) is 0.0938. The topological polar surface area (TPSA) is 82.4 Å². The van der Waals surface area contributed by atoms with Gasteiger partial charge >= 0.3 is 5.97 Å². The van der Waals surface area contributed by atoms with Crippen molar-refractivity contribution in [2.24, 2.45) is 5.10 Å². The summed E-state index contributed by atoms with van der Waals surface area (Å²) in [7, 11) is 0. The minimum absolute atomic E-state index is 0.0629. The van der Waals surface area contributed by atoms with Crippen LogP contribution in [0.3, 0.4) is 0 Å². The summed E-state index contributed by atoms with van der Waals surface area (Å²) in [5, 5.41) is 15.0. The van der Waals surface area contributed by atoms with Gasteiger partial charge in [0, 0.05) is 17.9 Å². The molecule has 7 heteroatoms. The molecule has 0 fully saturated rings. The van der Waals surface area contributed by atoms with Crippen molar-refractivity contribution in [2.45, 2.75) is 12.8 Å². The number of carboxylic acids is 1. The molecule has 192 valence electrons. The molecule has 39 heavy (non-hydrogen) atoms. The number of benzene rings is 4. The van der Waals surface area contributed by atoms with Crippen LogP contribution in [0.15, 0.2) is 114 Å². The molecule has 2 aliphatic heterocycles. The van der Waals surface area contributed by atoms with E-state index in [1.807, 2.05) is 78.9 Å². The van der Waals surface area contributed by atoms with Gasteiger partial charge in [-0.2, -0.15) is 10.1 Å². The Kier molecular flexibility index (Phi) is 6.39. The predicted molar refractivity (Wildman–Crippen MR) is 152 cm³/mol. The number of aliphatic carboxylic acids is 1. The molecule has 0 bridgehead atoms. The van der Waals surface area contributed by atoms with Crippen LogP contribution in [-0.2, 0) is 16.0 Å². The van der Waals surface area contributed by atoms with Gasteiger partial charge < -0.3 is 14.7 Å². The molecule has 0 atom stereocenters. The van der Waals surface area contributed by atoms with Crippen LogP contribution in [0.25, 0.3) is 6.08 Å². The second-order valence-electron chi connectivity index (χ2n) is 9.32. The molecule has 2 aliphatic rings. The SMILES string of the molecule is O=C(O)C1=NN(c2ccccc2)C(=O)/C1=C\c1ccc2c(c1)CCCN2c1ccc(Oc2ccccc2)cc1. The van der Waals surface area contributed by atoms with Crippen molar-refractivity contribution in [2.75, 3.05) is 16.5 Å². The summed E-state index contributed by atoms with van der Waals surface area (Å²) in [6, 6.07) is 32.5. The number of carbonyl (C=O) groups excluding carboxylic acids is 1. The Morgan fingerprint density at radius 2 is 1.54 bits per heavy atom. The average Bonchev–Trinajstić information content (AvgIpc) is 3.30. The third kappa shape index (κ3) is 4.90. The maximum Gasteiger partial charge on any atom is 0.357 e. The lowest BCUT2D eigenvalue weighted by Crippen LogP contribution is -2.24. The number of anilines is 3. The number of aryl methyl sites for hydroxylation is 1. The van der Waals surface area contributed by atoms with E-state index in [1.54, 1.807) is 30.3 Å². The number of hydrogen-bond donors (Lipinski definition) is 1. The second-order valence-corrected chi connectivity index (χ2v) is 9.32. The average molecular weight is 516 g/mol. The normalized spacial score (nSPS) is 15.7. The van der Waals surface area contributed by atoms with Crippen LogP contribution in [0, 0.1) is 0 Å². The molecule has 1 amide bonds. The molecular weight excluding hydrogens is 490 g/mol. The minimum Gasteiger partial charge on any atom is -0.476 e. The van der Waals surface area contributed by atoms with E-state index < -0.39 is 11.9 Å². The van der Waals surface area contributed by atoms with Crippen LogP contribution >= 0.6 is 0 Å². The molecular formula is C32H25N3O4. The van der Waals surface area contributed by atoms with E-state index in [0.717, 1.165) is 58.4 Å². The van der Waals surface area contributed by atoms with E-state index in [2.05, 4.69) is 10.0 Å². The number of hydrazone groups is 1. The monoisotopic (exact) mass is 515 g/mol. The van der Waals surface area contributed by atoms with Gasteiger partial charge in [0.25, 0.3) is 5.91 Å². The van der Waals surface area contributed by atoms with Gasteiger partial charge in [0.2, 0.25) is 0 Å². The van der Waals surface area contributed by atoms with Crippen LogP contribution < -0.4 is 14.6 Å². The van der Waals surface area contributed by atoms with E-state index in [-0.39, 0.29) is 11.3 Å². The highest BCUT2D eigenvalue weighted by atomic mass is 16.5. The third-order valence-corrected chi connectivity index (χ3v) is 6.74. The number of carbonyl (C=O) groups is 2. The molecule has 0 aliphatic carbocycles. The summed E-state index contributed by atoms with van der Waals surface area (Å²) in [6.07, 6.45) is 3.48. The van der Waals surface area contributed by atoms with Gasteiger partial charge in [-0.3, -0.25) is 4.79 Å². The first-order valence-electron chi connectivity index (χ1n) is 12.7. The van der Waals surface area contributed by atoms with Crippen LogP contribution in [0.2, 0.25) is 0 Å². The maximum atomic E-state index is 13.2. The number of para-hydroxylation sites is 2. The number of fused-ring (bicyclic) bond motifs is 1. The summed E-state index contributed by atoms with van der Waals surface area (Å²) in [6.45, 7) is 0.882. The lowest BCUT2D eigenvalue weighted by molar-refractivity contribution is -0.129. The van der Waals surface area contributed by atoms with E-state index in [4.69, 9.17) is 4.74 Å². The lowest BCUT2D eigenvalue weighted by atomic mass is 9.97. The number of carboxylic acid groups (broad SMARTS) is 1. The van der Waals surface area contributed by atoms with E-state index in [1.165, 1.54) is 0 Å². The van der Waals surface area contributed by atoms with Crippen molar-refractivity contribution >= 4 is 40.7 Å². The Bertz CT molecular complexity index is 1600. The number of ether oxygens (including phenoxy) is 1. The summed E-state index contributed by atoms with van der Waals surface area (Å²) in [5.41, 5.74) is 4.37. The number of rotatable bonds is 6. The molecule has 4 aromatic carbocycles.